The number of carboxylic acids is 1. The van der Waals surface area contributed by atoms with Crippen molar-refractivity contribution in [3.8, 4) is 0 Å². The normalized spacial score (nSPS) is 12.2. The van der Waals surface area contributed by atoms with Gasteiger partial charge in [0.1, 0.15) is 11.3 Å². The predicted molar refractivity (Wildman–Crippen MR) is 84.7 cm³/mol. The SMILES string of the molecule is CCc1oc(C(=O)NC(C)c2cc(C)sc2C)cc1C(=O)O. The highest BCUT2D eigenvalue weighted by atomic mass is 32.1. The van der Waals surface area contributed by atoms with Crippen LogP contribution >= 0.6 is 11.3 Å². The molecule has 0 aliphatic rings. The Morgan fingerprint density at radius 1 is 1.36 bits per heavy atom. The summed E-state index contributed by atoms with van der Waals surface area (Å²) in [7, 11) is 0. The van der Waals surface area contributed by atoms with E-state index in [1.54, 1.807) is 18.3 Å². The van der Waals surface area contributed by atoms with Gasteiger partial charge in [-0.05, 0) is 32.4 Å². The quantitative estimate of drug-likeness (QED) is 0.880. The van der Waals surface area contributed by atoms with Crippen molar-refractivity contribution < 1.29 is 19.1 Å². The summed E-state index contributed by atoms with van der Waals surface area (Å²) in [5.41, 5.74) is 1.11. The van der Waals surface area contributed by atoms with Crippen molar-refractivity contribution >= 4 is 23.2 Å². The zero-order valence-electron chi connectivity index (χ0n) is 13.0. The van der Waals surface area contributed by atoms with Crippen molar-refractivity contribution in [1.82, 2.24) is 5.32 Å². The topological polar surface area (TPSA) is 79.5 Å². The Kier molecular flexibility index (Phi) is 4.71. The molecule has 5 nitrogen and oxygen atoms in total. The number of carbonyl (C=O) groups is 2. The number of hydrogen-bond acceptors (Lipinski definition) is 4. The maximum atomic E-state index is 12.3. The third-order valence-electron chi connectivity index (χ3n) is 3.48. The van der Waals surface area contributed by atoms with Crippen LogP contribution in [0.3, 0.4) is 0 Å². The second kappa shape index (κ2) is 6.36. The molecule has 0 bridgehead atoms. The Bertz CT molecular complexity index is 714. The molecule has 0 spiro atoms. The maximum absolute atomic E-state index is 12.3. The van der Waals surface area contributed by atoms with Crippen molar-refractivity contribution in [3.05, 3.63) is 44.5 Å². The molecular formula is C16H19NO4S. The standard InChI is InChI=1S/C16H19NO4S/c1-5-13-12(16(19)20)7-14(21-13)15(18)17-9(3)11-6-8(2)22-10(11)4/h6-7,9H,5H2,1-4H3,(H,17,18)(H,19,20). The van der Waals surface area contributed by atoms with Crippen LogP contribution in [0.15, 0.2) is 16.5 Å². The van der Waals surface area contributed by atoms with Gasteiger partial charge in [0, 0.05) is 22.2 Å². The van der Waals surface area contributed by atoms with Crippen LogP contribution in [-0.2, 0) is 6.42 Å². The van der Waals surface area contributed by atoms with E-state index in [9.17, 15) is 9.59 Å². The zero-order chi connectivity index (χ0) is 16.4. The number of carbonyl (C=O) groups excluding carboxylic acids is 1. The first-order valence-electron chi connectivity index (χ1n) is 7.07. The fourth-order valence-electron chi connectivity index (χ4n) is 2.41. The van der Waals surface area contributed by atoms with E-state index in [-0.39, 0.29) is 17.4 Å². The molecule has 2 aromatic heterocycles. The lowest BCUT2D eigenvalue weighted by atomic mass is 10.1. The first-order valence-corrected chi connectivity index (χ1v) is 7.88. The van der Waals surface area contributed by atoms with Gasteiger partial charge in [-0.2, -0.15) is 0 Å². The Hall–Kier alpha value is -2.08. The summed E-state index contributed by atoms with van der Waals surface area (Å²) in [5.74, 6) is -1.14. The number of thiophene rings is 1. The Morgan fingerprint density at radius 3 is 2.50 bits per heavy atom. The van der Waals surface area contributed by atoms with Gasteiger partial charge in [-0.25, -0.2) is 4.79 Å². The molecule has 2 rings (SSSR count). The minimum atomic E-state index is -1.09. The first-order chi connectivity index (χ1) is 10.3. The van der Waals surface area contributed by atoms with Crippen LogP contribution in [0, 0.1) is 13.8 Å². The summed E-state index contributed by atoms with van der Waals surface area (Å²) >= 11 is 1.68. The molecule has 0 aliphatic heterocycles. The molecule has 0 aliphatic carbocycles. The molecular weight excluding hydrogens is 302 g/mol. The van der Waals surface area contributed by atoms with Gasteiger partial charge in [-0.15, -0.1) is 11.3 Å². The third kappa shape index (κ3) is 3.22. The van der Waals surface area contributed by atoms with Crippen LogP contribution in [-0.4, -0.2) is 17.0 Å². The number of hydrogen-bond donors (Lipinski definition) is 2. The van der Waals surface area contributed by atoms with Gasteiger partial charge in [0.05, 0.1) is 6.04 Å². The van der Waals surface area contributed by atoms with E-state index in [1.165, 1.54) is 10.9 Å². The molecule has 2 heterocycles. The molecule has 2 N–H and O–H groups in total. The molecule has 1 unspecified atom stereocenters. The Labute approximate surface area is 133 Å². The molecule has 1 amide bonds. The van der Waals surface area contributed by atoms with Crippen molar-refractivity contribution in [3.63, 3.8) is 0 Å². The number of carboxylic acid groups (broad SMARTS) is 1. The lowest BCUT2D eigenvalue weighted by molar-refractivity contribution is 0.0694. The maximum Gasteiger partial charge on any atom is 0.339 e. The van der Waals surface area contributed by atoms with Crippen molar-refractivity contribution in [1.29, 1.82) is 0 Å². The smallest absolute Gasteiger partial charge is 0.339 e. The monoisotopic (exact) mass is 321 g/mol. The minimum Gasteiger partial charge on any atom is -0.478 e. The lowest BCUT2D eigenvalue weighted by Gasteiger charge is -2.12. The predicted octanol–water partition coefficient (Wildman–Crippen LogP) is 3.71. The van der Waals surface area contributed by atoms with Crippen LogP contribution in [0.5, 0.6) is 0 Å². The summed E-state index contributed by atoms with van der Waals surface area (Å²) in [6, 6.07) is 3.17. The zero-order valence-corrected chi connectivity index (χ0v) is 13.8. The molecule has 0 fully saturated rings. The third-order valence-corrected chi connectivity index (χ3v) is 4.46. The first kappa shape index (κ1) is 16.3. The minimum absolute atomic E-state index is 0.0331. The number of rotatable bonds is 5. The molecule has 0 saturated heterocycles. The number of amides is 1. The van der Waals surface area contributed by atoms with Crippen molar-refractivity contribution in [2.24, 2.45) is 0 Å². The van der Waals surface area contributed by atoms with E-state index in [1.807, 2.05) is 26.8 Å². The summed E-state index contributed by atoms with van der Waals surface area (Å²) in [4.78, 5) is 25.7. The van der Waals surface area contributed by atoms with Gasteiger partial charge in [0.25, 0.3) is 5.91 Å². The molecule has 118 valence electrons. The number of furan rings is 1. The van der Waals surface area contributed by atoms with Crippen LogP contribution in [0.1, 0.15) is 61.9 Å². The fourth-order valence-corrected chi connectivity index (χ4v) is 3.43. The molecule has 6 heteroatoms. The summed E-state index contributed by atoms with van der Waals surface area (Å²) in [6.45, 7) is 7.72. The van der Waals surface area contributed by atoms with Gasteiger partial charge in [0.2, 0.25) is 0 Å². The average Bonchev–Trinajstić information content (AvgIpc) is 3.01. The Morgan fingerprint density at radius 2 is 2.05 bits per heavy atom. The van der Waals surface area contributed by atoms with Gasteiger partial charge in [-0.1, -0.05) is 6.92 Å². The molecule has 22 heavy (non-hydrogen) atoms. The van der Waals surface area contributed by atoms with Gasteiger partial charge in [0.15, 0.2) is 5.76 Å². The van der Waals surface area contributed by atoms with Crippen molar-refractivity contribution in [2.45, 2.75) is 40.2 Å². The average molecular weight is 321 g/mol. The van der Waals surface area contributed by atoms with Crippen LogP contribution in [0.2, 0.25) is 0 Å². The second-order valence-corrected chi connectivity index (χ2v) is 6.63. The highest BCUT2D eigenvalue weighted by Crippen LogP contribution is 2.26. The van der Waals surface area contributed by atoms with E-state index in [0.29, 0.717) is 12.2 Å². The number of aryl methyl sites for hydroxylation is 3. The molecule has 0 radical (unpaired) electrons. The highest BCUT2D eigenvalue weighted by molar-refractivity contribution is 7.12. The van der Waals surface area contributed by atoms with E-state index >= 15 is 0 Å². The summed E-state index contributed by atoms with van der Waals surface area (Å²) in [5, 5.41) is 12.0. The number of aromatic carboxylic acids is 1. The fraction of sp³-hybridized carbons (Fsp3) is 0.375. The molecule has 2 aromatic rings. The Balaban J connectivity index is 2.18. The van der Waals surface area contributed by atoms with Crippen molar-refractivity contribution in [2.75, 3.05) is 0 Å². The van der Waals surface area contributed by atoms with E-state index in [4.69, 9.17) is 9.52 Å². The number of nitrogens with one attached hydrogen (secondary N) is 1. The molecule has 0 aromatic carbocycles. The summed E-state index contributed by atoms with van der Waals surface area (Å²) in [6.07, 6.45) is 0.424. The van der Waals surface area contributed by atoms with E-state index in [0.717, 1.165) is 10.4 Å². The van der Waals surface area contributed by atoms with Crippen LogP contribution in [0.25, 0.3) is 0 Å². The van der Waals surface area contributed by atoms with Gasteiger partial charge < -0.3 is 14.8 Å². The van der Waals surface area contributed by atoms with Gasteiger partial charge in [-0.3, -0.25) is 4.79 Å². The van der Waals surface area contributed by atoms with Crippen LogP contribution in [0.4, 0.5) is 0 Å². The highest BCUT2D eigenvalue weighted by Gasteiger charge is 2.22. The van der Waals surface area contributed by atoms with Gasteiger partial charge >= 0.3 is 5.97 Å². The molecule has 1 atom stereocenters. The van der Waals surface area contributed by atoms with E-state index in [2.05, 4.69) is 5.32 Å². The second-order valence-electron chi connectivity index (χ2n) is 5.17. The largest absolute Gasteiger partial charge is 0.478 e. The van der Waals surface area contributed by atoms with Crippen LogP contribution < -0.4 is 5.32 Å². The van der Waals surface area contributed by atoms with E-state index < -0.39 is 11.9 Å². The lowest BCUT2D eigenvalue weighted by Crippen LogP contribution is -2.26. The molecule has 0 saturated carbocycles. The summed E-state index contributed by atoms with van der Waals surface area (Å²) < 4.78 is 5.37.